The summed E-state index contributed by atoms with van der Waals surface area (Å²) in [5.41, 5.74) is 5.11. The Hall–Kier alpha value is -2.49. The first-order valence-electron chi connectivity index (χ1n) is 14.7. The van der Waals surface area contributed by atoms with E-state index >= 15 is 0 Å². The number of phenols is 1. The molecule has 4 nitrogen and oxygen atoms in total. The molecule has 9 heteroatoms. The van der Waals surface area contributed by atoms with E-state index in [1.165, 1.54) is 11.6 Å². The molecule has 228 valence electrons. The van der Waals surface area contributed by atoms with E-state index in [4.69, 9.17) is 5.84 Å². The minimum atomic E-state index is -4.00. The fourth-order valence-electron chi connectivity index (χ4n) is 5.41. The molecular formula is C32H44F5N3O. The molecule has 0 saturated heterocycles. The van der Waals surface area contributed by atoms with E-state index in [1.807, 2.05) is 24.3 Å². The van der Waals surface area contributed by atoms with Crippen LogP contribution in [0.5, 0.6) is 5.75 Å². The molecule has 0 bridgehead atoms. The number of benzene rings is 2. The van der Waals surface area contributed by atoms with E-state index in [9.17, 15) is 27.1 Å². The predicted octanol–water partition coefficient (Wildman–Crippen LogP) is 7.96. The van der Waals surface area contributed by atoms with Gasteiger partial charge in [0, 0.05) is 32.0 Å². The second-order valence-corrected chi connectivity index (χ2v) is 11.1. The van der Waals surface area contributed by atoms with Gasteiger partial charge in [-0.05, 0) is 105 Å². The van der Waals surface area contributed by atoms with Crippen molar-refractivity contribution in [3.63, 3.8) is 0 Å². The number of aromatic hydroxyl groups is 1. The van der Waals surface area contributed by atoms with Crippen LogP contribution >= 0.6 is 0 Å². The van der Waals surface area contributed by atoms with Gasteiger partial charge in [-0.3, -0.25) is 5.84 Å². The topological polar surface area (TPSA) is 61.5 Å². The molecule has 0 saturated carbocycles. The Morgan fingerprint density at radius 2 is 1.59 bits per heavy atom. The van der Waals surface area contributed by atoms with Crippen molar-refractivity contribution in [2.24, 2.45) is 5.84 Å². The summed E-state index contributed by atoms with van der Waals surface area (Å²) < 4.78 is 67.0. The van der Waals surface area contributed by atoms with Crippen molar-refractivity contribution in [1.29, 1.82) is 0 Å². The zero-order chi connectivity index (χ0) is 29.9. The number of nitrogens with one attached hydrogen (secondary N) is 1. The third kappa shape index (κ3) is 10.1. The van der Waals surface area contributed by atoms with Gasteiger partial charge in [-0.2, -0.15) is 8.78 Å². The van der Waals surface area contributed by atoms with Gasteiger partial charge < -0.3 is 10.4 Å². The first-order chi connectivity index (χ1) is 19.5. The van der Waals surface area contributed by atoms with E-state index in [1.54, 1.807) is 17.1 Å². The highest BCUT2D eigenvalue weighted by molar-refractivity contribution is 5.92. The minimum Gasteiger partial charge on any atom is -0.508 e. The van der Waals surface area contributed by atoms with Crippen LogP contribution in [-0.2, 0) is 6.42 Å². The van der Waals surface area contributed by atoms with Gasteiger partial charge in [-0.25, -0.2) is 18.2 Å². The van der Waals surface area contributed by atoms with E-state index in [0.29, 0.717) is 18.7 Å². The average Bonchev–Trinajstić information content (AvgIpc) is 3.08. The van der Waals surface area contributed by atoms with Gasteiger partial charge in [0.1, 0.15) is 11.6 Å². The van der Waals surface area contributed by atoms with Gasteiger partial charge >= 0.3 is 11.8 Å². The van der Waals surface area contributed by atoms with Crippen molar-refractivity contribution in [3.8, 4) is 5.75 Å². The number of unbranched alkanes of at least 4 members (excludes halogenated alkanes) is 3. The Morgan fingerprint density at radius 1 is 0.878 bits per heavy atom. The van der Waals surface area contributed by atoms with Crippen LogP contribution < -0.4 is 11.2 Å². The molecule has 0 atom stereocenters. The van der Waals surface area contributed by atoms with Crippen LogP contribution in [-0.4, -0.2) is 48.1 Å². The summed E-state index contributed by atoms with van der Waals surface area (Å²) in [5.74, 6) is -1.84. The zero-order valence-corrected chi connectivity index (χ0v) is 24.0. The lowest BCUT2D eigenvalue weighted by Gasteiger charge is -2.23. The molecule has 1 aliphatic rings. The maximum Gasteiger partial charge on any atom is 0.310 e. The molecule has 0 aromatic heterocycles. The summed E-state index contributed by atoms with van der Waals surface area (Å²) in [7, 11) is 0. The van der Waals surface area contributed by atoms with Gasteiger partial charge in [-0.1, -0.05) is 37.1 Å². The zero-order valence-electron chi connectivity index (χ0n) is 24.0. The van der Waals surface area contributed by atoms with Gasteiger partial charge in [0.25, 0.3) is 0 Å². The molecule has 2 aromatic rings. The highest BCUT2D eigenvalue weighted by atomic mass is 19.3. The summed E-state index contributed by atoms with van der Waals surface area (Å²) in [5, 5.41) is 14.8. The monoisotopic (exact) mass is 581 g/mol. The molecule has 0 spiro atoms. The second-order valence-electron chi connectivity index (χ2n) is 11.1. The lowest BCUT2D eigenvalue weighted by Crippen LogP contribution is -2.38. The number of allylic oxidation sites excluding steroid dienone is 2. The number of fused-ring (bicyclic) bond motifs is 1. The maximum atomic E-state index is 14.8. The summed E-state index contributed by atoms with van der Waals surface area (Å²) in [6, 6.07) is 12.5. The third-order valence-corrected chi connectivity index (χ3v) is 7.76. The standard InChI is InChI=1S/C32H44F5N3O/c1-31(34,35)32(36,37)18-9-19-39-20-10-22-40(38)21-7-3-2-4-12-27-26-17-16-25(41)23-24(26)11-8-14-28(27)29-13-5-6-15-30(29)33/h5-6,13,15-17,23,39,41H,2-4,7-12,14,18-22,38H2,1H3. The van der Waals surface area contributed by atoms with Crippen LogP contribution in [0.25, 0.3) is 11.1 Å². The lowest BCUT2D eigenvalue weighted by atomic mass is 9.89. The van der Waals surface area contributed by atoms with Crippen LogP contribution in [0, 0.1) is 5.82 Å². The number of hydrogen-bond acceptors (Lipinski definition) is 4. The van der Waals surface area contributed by atoms with Crippen molar-refractivity contribution in [3.05, 3.63) is 65.0 Å². The first kappa shape index (κ1) is 33.0. The molecule has 2 aromatic carbocycles. The Morgan fingerprint density at radius 3 is 2.34 bits per heavy atom. The van der Waals surface area contributed by atoms with E-state index in [-0.39, 0.29) is 31.5 Å². The van der Waals surface area contributed by atoms with Crippen molar-refractivity contribution in [2.45, 2.75) is 89.4 Å². The largest absolute Gasteiger partial charge is 0.508 e. The number of nitrogens with two attached hydrogens (primary N) is 1. The minimum absolute atomic E-state index is 0.0183. The van der Waals surface area contributed by atoms with Gasteiger partial charge in [0.2, 0.25) is 0 Å². The summed E-state index contributed by atoms with van der Waals surface area (Å²) >= 11 is 0. The van der Waals surface area contributed by atoms with Crippen LogP contribution in [0.4, 0.5) is 22.0 Å². The maximum absolute atomic E-state index is 14.8. The molecule has 1 aliphatic carbocycles. The summed E-state index contributed by atoms with van der Waals surface area (Å²) in [4.78, 5) is 0. The Bertz CT molecular complexity index is 1130. The fraction of sp³-hybridized carbons (Fsp3) is 0.562. The highest BCUT2D eigenvalue weighted by Crippen LogP contribution is 2.40. The van der Waals surface area contributed by atoms with Gasteiger partial charge in [-0.15, -0.1) is 0 Å². The smallest absolute Gasteiger partial charge is 0.310 e. The lowest BCUT2D eigenvalue weighted by molar-refractivity contribution is -0.201. The summed E-state index contributed by atoms with van der Waals surface area (Å²) in [6.45, 7) is 2.49. The van der Waals surface area contributed by atoms with Crippen molar-refractivity contribution < 1.29 is 27.1 Å². The van der Waals surface area contributed by atoms with Crippen LogP contribution in [0.1, 0.15) is 87.8 Å². The first-order valence-corrected chi connectivity index (χ1v) is 14.7. The van der Waals surface area contributed by atoms with Crippen LogP contribution in [0.15, 0.2) is 42.5 Å². The molecule has 0 fully saturated rings. The molecule has 0 heterocycles. The third-order valence-electron chi connectivity index (χ3n) is 7.76. The summed E-state index contributed by atoms with van der Waals surface area (Å²) in [6.07, 6.45) is 7.17. The van der Waals surface area contributed by atoms with E-state index < -0.39 is 18.3 Å². The van der Waals surface area contributed by atoms with Gasteiger partial charge in [0.05, 0.1) is 0 Å². The quantitative estimate of drug-likeness (QED) is 0.0768. The van der Waals surface area contributed by atoms with Crippen LogP contribution in [0.3, 0.4) is 0 Å². The predicted molar refractivity (Wildman–Crippen MR) is 155 cm³/mol. The second kappa shape index (κ2) is 15.7. The number of nitrogens with zero attached hydrogens (tertiary/aromatic N) is 1. The molecule has 0 radical (unpaired) electrons. The molecular weight excluding hydrogens is 537 g/mol. The number of aryl methyl sites for hydroxylation is 1. The molecule has 4 N–H and O–H groups in total. The molecule has 41 heavy (non-hydrogen) atoms. The van der Waals surface area contributed by atoms with E-state index in [0.717, 1.165) is 81.0 Å². The SMILES string of the molecule is CC(F)(F)C(F)(F)CCCNCCCN(N)CCCCCCC1=C(c2ccccc2F)CCCc2cc(O)ccc21. The van der Waals surface area contributed by atoms with Crippen molar-refractivity contribution in [1.82, 2.24) is 10.3 Å². The Balaban J connectivity index is 1.39. The fourth-order valence-corrected chi connectivity index (χ4v) is 5.41. The van der Waals surface area contributed by atoms with E-state index in [2.05, 4.69) is 5.32 Å². The van der Waals surface area contributed by atoms with Crippen LogP contribution in [0.2, 0.25) is 0 Å². The number of halogens is 5. The molecule has 0 amide bonds. The highest BCUT2D eigenvalue weighted by Gasteiger charge is 2.51. The van der Waals surface area contributed by atoms with Crippen molar-refractivity contribution >= 4 is 11.1 Å². The number of alkyl halides is 4. The molecule has 3 rings (SSSR count). The number of rotatable bonds is 17. The Labute approximate surface area is 240 Å². The number of phenolic OH excluding ortho intramolecular Hbond substituents is 1. The normalized spacial score (nSPS) is 14.4. The molecule has 0 aliphatic heterocycles. The average molecular weight is 582 g/mol. The van der Waals surface area contributed by atoms with Gasteiger partial charge in [0.15, 0.2) is 0 Å². The number of hydrogen-bond donors (Lipinski definition) is 3. The molecule has 0 unspecified atom stereocenters. The number of hydrazine groups is 1. The van der Waals surface area contributed by atoms with Crippen molar-refractivity contribution in [2.75, 3.05) is 26.2 Å². The Kier molecular flexibility index (Phi) is 12.6.